The topological polar surface area (TPSA) is 42.1 Å². The summed E-state index contributed by atoms with van der Waals surface area (Å²) in [5.74, 6) is -0.304. The summed E-state index contributed by atoms with van der Waals surface area (Å²) >= 11 is 3.40. The van der Waals surface area contributed by atoms with Gasteiger partial charge >= 0.3 is 5.97 Å². The number of hydrogen-bond acceptors (Lipinski definition) is 2. The first-order chi connectivity index (χ1) is 7.87. The van der Waals surface area contributed by atoms with Gasteiger partial charge in [-0.15, -0.1) is 0 Å². The summed E-state index contributed by atoms with van der Waals surface area (Å²) in [5.41, 5.74) is 1.01. The minimum atomic E-state index is -0.479. The fraction of sp³-hybridized carbons (Fsp3) is 0.308. The zero-order chi connectivity index (χ0) is 12.6. The monoisotopic (exact) mass is 295 g/mol. The summed E-state index contributed by atoms with van der Waals surface area (Å²) < 4.78 is 6.30. The largest absolute Gasteiger partial charge is 0.456 e. The molecule has 2 rings (SSSR count). The van der Waals surface area contributed by atoms with Crippen LogP contribution < -0.4 is 0 Å². The number of esters is 1. The van der Waals surface area contributed by atoms with Crippen molar-refractivity contribution in [3.63, 3.8) is 0 Å². The number of carbonyl (C=O) groups is 1. The van der Waals surface area contributed by atoms with Gasteiger partial charge in [-0.05, 0) is 39.0 Å². The van der Waals surface area contributed by atoms with Crippen molar-refractivity contribution in [3.05, 3.63) is 34.4 Å². The molecule has 0 atom stereocenters. The number of carbonyl (C=O) groups excluding carboxylic acids is 1. The average Bonchev–Trinajstić information content (AvgIpc) is 2.57. The minimum absolute atomic E-state index is 0.304. The van der Waals surface area contributed by atoms with E-state index in [0.717, 1.165) is 15.4 Å². The number of rotatable bonds is 1. The number of nitrogens with one attached hydrogen (secondary N) is 1. The molecule has 1 aromatic carbocycles. The molecular weight excluding hydrogens is 282 g/mol. The van der Waals surface area contributed by atoms with Crippen LogP contribution in [0.15, 0.2) is 28.9 Å². The standard InChI is InChI=1S/C13H14BrNO2/c1-13(2,3)17-12(16)10-7-15-11-5-4-8(14)6-9(10)11/h4-7,15H,1-3H3. The maximum absolute atomic E-state index is 12.0. The average molecular weight is 296 g/mol. The van der Waals surface area contributed by atoms with E-state index in [1.165, 1.54) is 0 Å². The van der Waals surface area contributed by atoms with E-state index in [0.29, 0.717) is 5.56 Å². The third kappa shape index (κ3) is 2.69. The number of halogens is 1. The first-order valence-electron chi connectivity index (χ1n) is 5.37. The maximum atomic E-state index is 12.0. The van der Waals surface area contributed by atoms with Gasteiger partial charge in [-0.25, -0.2) is 4.79 Å². The quantitative estimate of drug-likeness (QED) is 0.811. The number of benzene rings is 1. The number of hydrogen-bond donors (Lipinski definition) is 1. The molecule has 0 aliphatic rings. The van der Waals surface area contributed by atoms with Gasteiger partial charge in [0.1, 0.15) is 5.60 Å². The first-order valence-corrected chi connectivity index (χ1v) is 6.16. The molecule has 0 radical (unpaired) electrons. The number of ether oxygens (including phenoxy) is 1. The second kappa shape index (κ2) is 4.18. The van der Waals surface area contributed by atoms with Crippen LogP contribution in [0.3, 0.4) is 0 Å². The minimum Gasteiger partial charge on any atom is -0.456 e. The molecule has 0 aliphatic carbocycles. The highest BCUT2D eigenvalue weighted by molar-refractivity contribution is 9.10. The van der Waals surface area contributed by atoms with Crippen molar-refractivity contribution in [1.29, 1.82) is 0 Å². The number of fused-ring (bicyclic) bond motifs is 1. The Labute approximate surface area is 108 Å². The molecule has 0 aliphatic heterocycles. The second-order valence-electron chi connectivity index (χ2n) is 4.89. The molecule has 2 aromatic rings. The van der Waals surface area contributed by atoms with Gasteiger partial charge in [0.15, 0.2) is 0 Å². The van der Waals surface area contributed by atoms with E-state index >= 15 is 0 Å². The van der Waals surface area contributed by atoms with Crippen LogP contribution >= 0.6 is 15.9 Å². The molecule has 1 heterocycles. The normalized spacial score (nSPS) is 11.8. The van der Waals surface area contributed by atoms with E-state index in [-0.39, 0.29) is 5.97 Å². The molecule has 0 spiro atoms. The SMILES string of the molecule is CC(C)(C)OC(=O)c1c[nH]c2ccc(Br)cc12. The Morgan fingerprint density at radius 1 is 1.35 bits per heavy atom. The molecule has 90 valence electrons. The highest BCUT2D eigenvalue weighted by Crippen LogP contribution is 2.24. The Morgan fingerprint density at radius 2 is 2.06 bits per heavy atom. The van der Waals surface area contributed by atoms with Gasteiger partial charge in [-0.3, -0.25) is 0 Å². The fourth-order valence-corrected chi connectivity index (χ4v) is 1.96. The Hall–Kier alpha value is -1.29. The van der Waals surface area contributed by atoms with Crippen molar-refractivity contribution < 1.29 is 9.53 Å². The number of aromatic nitrogens is 1. The van der Waals surface area contributed by atoms with Crippen molar-refractivity contribution in [2.24, 2.45) is 0 Å². The third-order valence-electron chi connectivity index (χ3n) is 2.26. The maximum Gasteiger partial charge on any atom is 0.340 e. The van der Waals surface area contributed by atoms with Crippen molar-refractivity contribution in [1.82, 2.24) is 4.98 Å². The predicted octanol–water partition coefficient (Wildman–Crippen LogP) is 3.89. The lowest BCUT2D eigenvalue weighted by molar-refractivity contribution is 0.00719. The summed E-state index contributed by atoms with van der Waals surface area (Å²) in [4.78, 5) is 15.0. The molecule has 1 aromatic heterocycles. The Bertz CT molecular complexity index is 566. The van der Waals surface area contributed by atoms with E-state index in [4.69, 9.17) is 4.74 Å². The number of H-pyrrole nitrogens is 1. The van der Waals surface area contributed by atoms with E-state index < -0.39 is 5.60 Å². The summed E-state index contributed by atoms with van der Waals surface area (Å²) in [7, 11) is 0. The zero-order valence-electron chi connectivity index (χ0n) is 10.0. The lowest BCUT2D eigenvalue weighted by Gasteiger charge is -2.19. The molecule has 3 nitrogen and oxygen atoms in total. The second-order valence-corrected chi connectivity index (χ2v) is 5.81. The fourth-order valence-electron chi connectivity index (χ4n) is 1.59. The summed E-state index contributed by atoms with van der Waals surface area (Å²) in [5, 5.41) is 0.869. The van der Waals surface area contributed by atoms with Crippen LogP contribution in [0.25, 0.3) is 10.9 Å². The van der Waals surface area contributed by atoms with Gasteiger partial charge in [0.2, 0.25) is 0 Å². The highest BCUT2D eigenvalue weighted by Gasteiger charge is 2.20. The summed E-state index contributed by atoms with van der Waals surface area (Å²) in [6.45, 7) is 5.57. The molecule has 1 N–H and O–H groups in total. The van der Waals surface area contributed by atoms with Gasteiger partial charge < -0.3 is 9.72 Å². The Morgan fingerprint density at radius 3 is 2.71 bits per heavy atom. The molecule has 0 unspecified atom stereocenters. The van der Waals surface area contributed by atoms with Crippen molar-refractivity contribution in [2.45, 2.75) is 26.4 Å². The van der Waals surface area contributed by atoms with E-state index in [1.54, 1.807) is 6.20 Å². The molecule has 0 amide bonds. The van der Waals surface area contributed by atoms with Crippen molar-refractivity contribution in [2.75, 3.05) is 0 Å². The van der Waals surface area contributed by atoms with Gasteiger partial charge in [0.05, 0.1) is 5.56 Å². The van der Waals surface area contributed by atoms with Gasteiger partial charge in [-0.1, -0.05) is 15.9 Å². The van der Waals surface area contributed by atoms with Crippen LogP contribution in [0.1, 0.15) is 31.1 Å². The third-order valence-corrected chi connectivity index (χ3v) is 2.76. The smallest absolute Gasteiger partial charge is 0.340 e. The highest BCUT2D eigenvalue weighted by atomic mass is 79.9. The van der Waals surface area contributed by atoms with E-state index in [2.05, 4.69) is 20.9 Å². The number of aromatic amines is 1. The lowest BCUT2D eigenvalue weighted by atomic mass is 10.1. The van der Waals surface area contributed by atoms with Crippen LogP contribution in [0, 0.1) is 0 Å². The first kappa shape index (κ1) is 12.2. The van der Waals surface area contributed by atoms with Gasteiger partial charge in [0.25, 0.3) is 0 Å². The zero-order valence-corrected chi connectivity index (χ0v) is 11.6. The molecule has 17 heavy (non-hydrogen) atoms. The van der Waals surface area contributed by atoms with Crippen LogP contribution in [0.2, 0.25) is 0 Å². The van der Waals surface area contributed by atoms with Crippen LogP contribution in [-0.4, -0.2) is 16.6 Å². The molecule has 0 fully saturated rings. The summed E-state index contributed by atoms with van der Waals surface area (Å²) in [6, 6.07) is 5.76. The Kier molecular flexibility index (Phi) is 3.00. The van der Waals surface area contributed by atoms with Crippen LogP contribution in [0.5, 0.6) is 0 Å². The van der Waals surface area contributed by atoms with Gasteiger partial charge in [-0.2, -0.15) is 0 Å². The van der Waals surface area contributed by atoms with Crippen LogP contribution in [-0.2, 0) is 4.74 Å². The van der Waals surface area contributed by atoms with E-state index in [1.807, 2.05) is 39.0 Å². The Balaban J connectivity index is 2.42. The molecule has 0 bridgehead atoms. The summed E-state index contributed by atoms with van der Waals surface area (Å²) in [6.07, 6.45) is 1.69. The molecule has 4 heteroatoms. The lowest BCUT2D eigenvalue weighted by Crippen LogP contribution is -2.23. The van der Waals surface area contributed by atoms with Gasteiger partial charge in [0, 0.05) is 21.6 Å². The molecule has 0 saturated carbocycles. The van der Waals surface area contributed by atoms with Crippen LogP contribution in [0.4, 0.5) is 0 Å². The molecule has 0 saturated heterocycles. The van der Waals surface area contributed by atoms with Crippen molar-refractivity contribution in [3.8, 4) is 0 Å². The predicted molar refractivity (Wildman–Crippen MR) is 71.2 cm³/mol. The molecular formula is C13H14BrNO2. The van der Waals surface area contributed by atoms with E-state index in [9.17, 15) is 4.79 Å². The van der Waals surface area contributed by atoms with Crippen molar-refractivity contribution >= 4 is 32.8 Å².